The molecule has 0 saturated heterocycles. The van der Waals surface area contributed by atoms with Crippen molar-refractivity contribution >= 4 is 33.4 Å². The van der Waals surface area contributed by atoms with Crippen LogP contribution in [0.2, 0.25) is 0 Å². The van der Waals surface area contributed by atoms with E-state index < -0.39 is 17.6 Å². The van der Waals surface area contributed by atoms with Crippen LogP contribution in [0.25, 0.3) is 0 Å². The Morgan fingerprint density at radius 3 is 2.70 bits per heavy atom. The molecule has 1 aliphatic rings. The molecule has 6 nitrogen and oxygen atoms in total. The fourth-order valence-electron chi connectivity index (χ4n) is 1.69. The highest BCUT2D eigenvalue weighted by atomic mass is 79.9. The van der Waals surface area contributed by atoms with Gasteiger partial charge in [0.25, 0.3) is 11.8 Å². The third-order valence-corrected chi connectivity index (χ3v) is 3.27. The Kier molecular flexibility index (Phi) is 4.05. The van der Waals surface area contributed by atoms with Crippen molar-refractivity contribution in [2.45, 2.75) is 0 Å². The van der Waals surface area contributed by atoms with E-state index in [1.54, 1.807) is 0 Å². The third kappa shape index (κ3) is 2.66. The Balaban J connectivity index is 2.23. The lowest BCUT2D eigenvalue weighted by Crippen LogP contribution is -2.34. The lowest BCUT2D eigenvalue weighted by molar-refractivity contribution is -0.137. The molecule has 2 rings (SSSR count). The minimum atomic E-state index is -0.698. The summed E-state index contributed by atoms with van der Waals surface area (Å²) in [6.07, 6.45) is 1.01. The van der Waals surface area contributed by atoms with Crippen LogP contribution in [0.1, 0.15) is 0 Å². The average molecular weight is 345 g/mol. The number of rotatable bonds is 4. The summed E-state index contributed by atoms with van der Waals surface area (Å²) in [5.74, 6) is -2.16. The molecule has 0 aliphatic carbocycles. The average Bonchev–Trinajstić information content (AvgIpc) is 2.64. The Morgan fingerprint density at radius 1 is 1.35 bits per heavy atom. The summed E-state index contributed by atoms with van der Waals surface area (Å²) in [6.45, 7) is -0.487. The fraction of sp³-hybridized carbons (Fsp3) is 0.167. The molecule has 1 aromatic carbocycles. The van der Waals surface area contributed by atoms with E-state index in [1.165, 1.54) is 0 Å². The van der Waals surface area contributed by atoms with Gasteiger partial charge >= 0.3 is 0 Å². The summed E-state index contributed by atoms with van der Waals surface area (Å²) in [6, 6.07) is 2.12. The number of aliphatic hydroxyl groups excluding tert-OH is 1. The molecule has 0 unspecified atom stereocenters. The quantitative estimate of drug-likeness (QED) is 0.707. The molecule has 1 aliphatic heterocycles. The second-order valence-corrected chi connectivity index (χ2v) is 4.84. The van der Waals surface area contributed by atoms with Gasteiger partial charge in [-0.15, -0.1) is 0 Å². The number of carbonyl (C=O) groups is 2. The number of aromatic hydroxyl groups is 1. The maximum absolute atomic E-state index is 13.7. The first kappa shape index (κ1) is 14.5. The Hall–Kier alpha value is -1.93. The van der Waals surface area contributed by atoms with Crippen molar-refractivity contribution in [3.05, 3.63) is 34.2 Å². The smallest absolute Gasteiger partial charge is 0.277 e. The van der Waals surface area contributed by atoms with Gasteiger partial charge in [-0.05, 0) is 22.0 Å². The van der Waals surface area contributed by atoms with Gasteiger partial charge in [0.1, 0.15) is 17.3 Å². The Bertz CT molecular complexity index is 618. The van der Waals surface area contributed by atoms with Gasteiger partial charge < -0.3 is 15.5 Å². The molecule has 1 aromatic rings. The molecule has 106 valence electrons. The maximum atomic E-state index is 13.7. The Labute approximate surface area is 121 Å². The van der Waals surface area contributed by atoms with E-state index in [-0.39, 0.29) is 34.8 Å². The molecule has 20 heavy (non-hydrogen) atoms. The number of nitrogens with zero attached hydrogens (tertiary/aromatic N) is 1. The summed E-state index contributed by atoms with van der Waals surface area (Å²) in [5, 5.41) is 20.7. The van der Waals surface area contributed by atoms with Crippen LogP contribution < -0.4 is 5.32 Å². The molecular formula is C12H10BrFN2O4. The number of halogens is 2. The first-order chi connectivity index (χ1) is 9.43. The van der Waals surface area contributed by atoms with E-state index >= 15 is 0 Å². The van der Waals surface area contributed by atoms with Crippen LogP contribution in [-0.2, 0) is 9.59 Å². The molecule has 1 heterocycles. The SMILES string of the molecule is O=C1C=C(Nc2cc(O)c(Br)cc2F)C(=O)N1CCO. The van der Waals surface area contributed by atoms with Crippen molar-refractivity contribution in [3.8, 4) is 5.75 Å². The zero-order chi connectivity index (χ0) is 14.9. The molecule has 0 spiro atoms. The number of hydrogen-bond acceptors (Lipinski definition) is 5. The number of anilines is 1. The third-order valence-electron chi connectivity index (χ3n) is 2.64. The van der Waals surface area contributed by atoms with Gasteiger partial charge in [-0.25, -0.2) is 4.39 Å². The standard InChI is InChI=1S/C12H10BrFN2O4/c13-6-3-7(14)8(4-10(6)18)15-9-5-11(19)16(1-2-17)12(9)20/h3-5,15,17-18H,1-2H2. The summed E-state index contributed by atoms with van der Waals surface area (Å²) in [7, 11) is 0. The molecule has 0 bridgehead atoms. The monoisotopic (exact) mass is 344 g/mol. The fourth-order valence-corrected chi connectivity index (χ4v) is 2.00. The van der Waals surface area contributed by atoms with Gasteiger partial charge in [0, 0.05) is 12.1 Å². The largest absolute Gasteiger partial charge is 0.507 e. The van der Waals surface area contributed by atoms with Crippen LogP contribution in [0.5, 0.6) is 5.75 Å². The molecule has 0 saturated carbocycles. The molecule has 0 atom stereocenters. The van der Waals surface area contributed by atoms with Gasteiger partial charge in [-0.2, -0.15) is 0 Å². The lowest BCUT2D eigenvalue weighted by Gasteiger charge is -2.14. The van der Waals surface area contributed by atoms with E-state index in [0.29, 0.717) is 0 Å². The van der Waals surface area contributed by atoms with Crippen LogP contribution in [0.3, 0.4) is 0 Å². The molecule has 0 radical (unpaired) electrons. The van der Waals surface area contributed by atoms with Gasteiger partial charge in [0.2, 0.25) is 0 Å². The van der Waals surface area contributed by atoms with E-state index in [2.05, 4.69) is 21.2 Å². The molecular weight excluding hydrogens is 335 g/mol. The number of carbonyl (C=O) groups excluding carboxylic acids is 2. The zero-order valence-corrected chi connectivity index (χ0v) is 11.6. The summed E-state index contributed by atoms with van der Waals surface area (Å²) >= 11 is 2.95. The molecule has 3 N–H and O–H groups in total. The number of phenolic OH excluding ortho intramolecular Hbond substituents is 1. The summed E-state index contributed by atoms with van der Waals surface area (Å²) < 4.78 is 13.8. The second kappa shape index (κ2) is 5.59. The van der Waals surface area contributed by atoms with Crippen molar-refractivity contribution in [2.75, 3.05) is 18.5 Å². The highest BCUT2D eigenvalue weighted by molar-refractivity contribution is 9.10. The zero-order valence-electron chi connectivity index (χ0n) is 10.1. The minimum Gasteiger partial charge on any atom is -0.507 e. The van der Waals surface area contributed by atoms with Crippen molar-refractivity contribution in [1.29, 1.82) is 0 Å². The number of imide groups is 1. The first-order valence-electron chi connectivity index (χ1n) is 5.57. The number of amides is 2. The van der Waals surface area contributed by atoms with Crippen LogP contribution in [0, 0.1) is 5.82 Å². The van der Waals surface area contributed by atoms with E-state index in [0.717, 1.165) is 23.1 Å². The first-order valence-corrected chi connectivity index (χ1v) is 6.36. The summed E-state index contributed by atoms with van der Waals surface area (Å²) in [5.41, 5.74) is -0.256. The van der Waals surface area contributed by atoms with Crippen molar-refractivity contribution < 1.29 is 24.2 Å². The highest BCUT2D eigenvalue weighted by Gasteiger charge is 2.31. The minimum absolute atomic E-state index is 0.121. The van der Waals surface area contributed by atoms with Crippen LogP contribution >= 0.6 is 15.9 Å². The second-order valence-electron chi connectivity index (χ2n) is 3.99. The van der Waals surface area contributed by atoms with Gasteiger partial charge in [0.15, 0.2) is 0 Å². The van der Waals surface area contributed by atoms with Crippen LogP contribution in [0.15, 0.2) is 28.4 Å². The van der Waals surface area contributed by atoms with Crippen molar-refractivity contribution in [2.24, 2.45) is 0 Å². The number of β-amino-alcohol motifs (C(OH)–C–C–N with tert-alkyl or cyclic N) is 1. The normalized spacial score (nSPS) is 14.8. The topological polar surface area (TPSA) is 89.9 Å². The van der Waals surface area contributed by atoms with Crippen molar-refractivity contribution in [1.82, 2.24) is 4.90 Å². The van der Waals surface area contributed by atoms with Crippen LogP contribution in [-0.4, -0.2) is 40.1 Å². The predicted octanol–water partition coefficient (Wildman–Crippen LogP) is 0.951. The van der Waals surface area contributed by atoms with Crippen molar-refractivity contribution in [3.63, 3.8) is 0 Å². The maximum Gasteiger partial charge on any atom is 0.277 e. The van der Waals surface area contributed by atoms with Gasteiger partial charge in [-0.1, -0.05) is 0 Å². The number of aliphatic hydroxyl groups is 1. The molecule has 0 fully saturated rings. The number of benzene rings is 1. The van der Waals surface area contributed by atoms with Gasteiger partial charge in [0.05, 0.1) is 23.3 Å². The number of phenols is 1. The van der Waals surface area contributed by atoms with E-state index in [4.69, 9.17) is 5.11 Å². The predicted molar refractivity (Wildman–Crippen MR) is 71.3 cm³/mol. The molecule has 0 aromatic heterocycles. The summed E-state index contributed by atoms with van der Waals surface area (Å²) in [4.78, 5) is 24.2. The highest BCUT2D eigenvalue weighted by Crippen LogP contribution is 2.30. The van der Waals surface area contributed by atoms with E-state index in [9.17, 15) is 19.1 Å². The Morgan fingerprint density at radius 2 is 2.05 bits per heavy atom. The molecule has 8 heteroatoms. The molecule has 2 amide bonds. The van der Waals surface area contributed by atoms with Gasteiger partial charge in [-0.3, -0.25) is 14.5 Å². The van der Waals surface area contributed by atoms with Crippen LogP contribution in [0.4, 0.5) is 10.1 Å². The lowest BCUT2D eigenvalue weighted by atomic mass is 10.2. The number of hydrogen-bond donors (Lipinski definition) is 3. The number of nitrogens with one attached hydrogen (secondary N) is 1. The van der Waals surface area contributed by atoms with E-state index in [1.807, 2.05) is 0 Å².